The second-order valence-corrected chi connectivity index (χ2v) is 9.71. The van der Waals surface area contributed by atoms with Gasteiger partial charge < -0.3 is 25.0 Å². The number of nitrogens with zero attached hydrogens (tertiary/aromatic N) is 5. The van der Waals surface area contributed by atoms with Crippen LogP contribution in [0, 0.1) is 0 Å². The molecule has 0 atom stereocenters. The Morgan fingerprint density at radius 3 is 2.08 bits per heavy atom. The van der Waals surface area contributed by atoms with Crippen molar-refractivity contribution < 1.29 is 9.47 Å². The molecule has 2 N–H and O–H groups in total. The van der Waals surface area contributed by atoms with Crippen LogP contribution in [-0.2, 0) is 19.6 Å². The van der Waals surface area contributed by atoms with Crippen LogP contribution in [0.25, 0.3) is 0 Å². The van der Waals surface area contributed by atoms with Gasteiger partial charge in [0.25, 0.3) is 0 Å². The Morgan fingerprint density at radius 1 is 0.737 bits per heavy atom. The molecule has 3 heterocycles. The van der Waals surface area contributed by atoms with Crippen LogP contribution in [0.1, 0.15) is 16.7 Å². The van der Waals surface area contributed by atoms with E-state index in [4.69, 9.17) is 15.2 Å². The van der Waals surface area contributed by atoms with Gasteiger partial charge in [0.2, 0.25) is 6.79 Å². The van der Waals surface area contributed by atoms with Gasteiger partial charge in [-0.05, 0) is 28.8 Å². The van der Waals surface area contributed by atoms with Crippen LogP contribution in [-0.4, -0.2) is 47.8 Å². The summed E-state index contributed by atoms with van der Waals surface area (Å²) in [5.41, 5.74) is 11.1. The van der Waals surface area contributed by atoms with E-state index in [0.717, 1.165) is 55.9 Å². The number of aromatic nitrogens is 2. The molecule has 6 rings (SSSR count). The van der Waals surface area contributed by atoms with Crippen molar-refractivity contribution in [2.45, 2.75) is 19.6 Å². The third kappa shape index (κ3) is 5.35. The minimum atomic E-state index is 0.300. The first kappa shape index (κ1) is 24.1. The molecule has 0 unspecified atom stereocenters. The van der Waals surface area contributed by atoms with Gasteiger partial charge in [-0.15, -0.1) is 0 Å². The minimum Gasteiger partial charge on any atom is -0.454 e. The van der Waals surface area contributed by atoms with Crippen LogP contribution >= 0.6 is 0 Å². The van der Waals surface area contributed by atoms with Crippen molar-refractivity contribution in [2.75, 3.05) is 48.5 Å². The van der Waals surface area contributed by atoms with Gasteiger partial charge >= 0.3 is 0 Å². The fourth-order valence-corrected chi connectivity index (χ4v) is 5.11. The van der Waals surface area contributed by atoms with Crippen molar-refractivity contribution in [3.63, 3.8) is 0 Å². The van der Waals surface area contributed by atoms with Gasteiger partial charge in [-0.2, -0.15) is 0 Å². The van der Waals surface area contributed by atoms with E-state index in [2.05, 4.69) is 85.3 Å². The van der Waals surface area contributed by atoms with Gasteiger partial charge in [0.1, 0.15) is 12.0 Å². The number of nitrogens with two attached hydrogens (primary N) is 1. The summed E-state index contributed by atoms with van der Waals surface area (Å²) in [6.07, 6.45) is 1.64. The molecule has 0 spiro atoms. The van der Waals surface area contributed by atoms with Gasteiger partial charge in [0, 0.05) is 45.8 Å². The fraction of sp³-hybridized carbons (Fsp3) is 0.267. The van der Waals surface area contributed by atoms with Crippen LogP contribution in [0.4, 0.5) is 17.3 Å². The number of nitrogen functional groups attached to an aromatic ring is 1. The molecule has 4 aromatic rings. The Morgan fingerprint density at radius 2 is 1.39 bits per heavy atom. The average Bonchev–Trinajstić information content (AvgIpc) is 3.43. The highest BCUT2D eigenvalue weighted by atomic mass is 16.7. The third-order valence-corrected chi connectivity index (χ3v) is 7.09. The summed E-state index contributed by atoms with van der Waals surface area (Å²) >= 11 is 0. The molecule has 1 saturated heterocycles. The summed E-state index contributed by atoms with van der Waals surface area (Å²) in [5.74, 6) is 3.23. The number of fused-ring (bicyclic) bond motifs is 1. The first-order valence-electron chi connectivity index (χ1n) is 13.0. The number of benzene rings is 3. The van der Waals surface area contributed by atoms with Crippen molar-refractivity contribution in [1.82, 2.24) is 14.9 Å². The number of anilines is 3. The molecule has 194 valence electrons. The van der Waals surface area contributed by atoms with E-state index in [-0.39, 0.29) is 0 Å². The molecule has 0 bridgehead atoms. The lowest BCUT2D eigenvalue weighted by Gasteiger charge is -2.36. The minimum absolute atomic E-state index is 0.300. The third-order valence-electron chi connectivity index (χ3n) is 7.09. The fourth-order valence-electron chi connectivity index (χ4n) is 5.11. The van der Waals surface area contributed by atoms with Crippen LogP contribution in [0.5, 0.6) is 11.5 Å². The molecule has 8 heteroatoms. The van der Waals surface area contributed by atoms with E-state index >= 15 is 0 Å². The Hall–Kier alpha value is -4.30. The lowest BCUT2D eigenvalue weighted by molar-refractivity contribution is 0.174. The molecule has 0 radical (unpaired) electrons. The quantitative estimate of drug-likeness (QED) is 0.377. The van der Waals surface area contributed by atoms with E-state index < -0.39 is 0 Å². The van der Waals surface area contributed by atoms with E-state index in [1.54, 1.807) is 6.33 Å². The highest BCUT2D eigenvalue weighted by molar-refractivity contribution is 5.76. The van der Waals surface area contributed by atoms with Gasteiger partial charge in [-0.3, -0.25) is 4.90 Å². The van der Waals surface area contributed by atoms with Crippen molar-refractivity contribution in [3.8, 4) is 11.5 Å². The Bertz CT molecular complexity index is 1320. The molecule has 3 aromatic carbocycles. The molecule has 2 aliphatic rings. The summed E-state index contributed by atoms with van der Waals surface area (Å²) in [6, 6.07) is 27.1. The molecule has 8 nitrogen and oxygen atoms in total. The standard InChI is InChI=1S/C30H32N6O2/c31-28-29(35-15-13-34(14-16-35)18-25-11-12-26-27(17-25)38-22-37-26)32-21-33-30(28)36(19-23-7-3-1-4-8-23)20-24-9-5-2-6-10-24/h1-12,17,21H,13-16,18-20,22,31H2. The number of hydrogen-bond acceptors (Lipinski definition) is 8. The van der Waals surface area contributed by atoms with Gasteiger partial charge in [-0.1, -0.05) is 66.7 Å². The molecule has 0 aliphatic carbocycles. The topological polar surface area (TPSA) is 80.0 Å². The van der Waals surface area contributed by atoms with Crippen molar-refractivity contribution in [2.24, 2.45) is 0 Å². The Balaban J connectivity index is 1.17. The van der Waals surface area contributed by atoms with E-state index in [1.807, 2.05) is 18.2 Å². The summed E-state index contributed by atoms with van der Waals surface area (Å²) in [4.78, 5) is 16.2. The zero-order valence-corrected chi connectivity index (χ0v) is 21.4. The number of piperazine rings is 1. The van der Waals surface area contributed by atoms with Gasteiger partial charge in [0.05, 0.1) is 0 Å². The summed E-state index contributed by atoms with van der Waals surface area (Å²) < 4.78 is 11.0. The Labute approximate surface area is 223 Å². The van der Waals surface area contributed by atoms with Crippen molar-refractivity contribution >= 4 is 17.3 Å². The van der Waals surface area contributed by atoms with Crippen molar-refractivity contribution in [3.05, 3.63) is 102 Å². The smallest absolute Gasteiger partial charge is 0.231 e. The second kappa shape index (κ2) is 11.0. The van der Waals surface area contributed by atoms with E-state index in [0.29, 0.717) is 25.6 Å². The summed E-state index contributed by atoms with van der Waals surface area (Å²) in [6.45, 7) is 6.13. The molecule has 2 aliphatic heterocycles. The summed E-state index contributed by atoms with van der Waals surface area (Å²) in [7, 11) is 0. The Kier molecular flexibility index (Phi) is 6.95. The molecule has 1 aromatic heterocycles. The zero-order chi connectivity index (χ0) is 25.7. The molecular weight excluding hydrogens is 476 g/mol. The molecular formula is C30H32N6O2. The van der Waals surface area contributed by atoms with Gasteiger partial charge in [-0.25, -0.2) is 9.97 Å². The maximum absolute atomic E-state index is 6.78. The predicted molar refractivity (Wildman–Crippen MR) is 149 cm³/mol. The normalized spacial score (nSPS) is 15.0. The molecule has 1 fully saturated rings. The monoisotopic (exact) mass is 508 g/mol. The largest absolute Gasteiger partial charge is 0.454 e. The SMILES string of the molecule is Nc1c(N2CCN(Cc3ccc4c(c3)OCO4)CC2)ncnc1N(Cc1ccccc1)Cc1ccccc1. The van der Waals surface area contributed by atoms with Crippen LogP contribution < -0.4 is 25.0 Å². The highest BCUT2D eigenvalue weighted by Crippen LogP contribution is 2.34. The number of hydrogen-bond donors (Lipinski definition) is 1. The van der Waals surface area contributed by atoms with Crippen LogP contribution in [0.15, 0.2) is 85.2 Å². The average molecular weight is 509 g/mol. The van der Waals surface area contributed by atoms with E-state index in [9.17, 15) is 0 Å². The molecule has 0 saturated carbocycles. The van der Waals surface area contributed by atoms with Crippen LogP contribution in [0.2, 0.25) is 0 Å². The first-order chi connectivity index (χ1) is 18.7. The number of rotatable bonds is 8. The second-order valence-electron chi connectivity index (χ2n) is 9.71. The molecule has 38 heavy (non-hydrogen) atoms. The predicted octanol–water partition coefficient (Wildman–Crippen LogP) is 4.32. The maximum atomic E-state index is 6.78. The van der Waals surface area contributed by atoms with E-state index in [1.165, 1.54) is 16.7 Å². The summed E-state index contributed by atoms with van der Waals surface area (Å²) in [5, 5.41) is 0. The maximum Gasteiger partial charge on any atom is 0.231 e. The van der Waals surface area contributed by atoms with Gasteiger partial charge in [0.15, 0.2) is 23.1 Å². The lowest BCUT2D eigenvalue weighted by atomic mass is 10.1. The van der Waals surface area contributed by atoms with Crippen LogP contribution in [0.3, 0.4) is 0 Å². The zero-order valence-electron chi connectivity index (χ0n) is 21.4. The lowest BCUT2D eigenvalue weighted by Crippen LogP contribution is -2.46. The van der Waals surface area contributed by atoms with Crippen molar-refractivity contribution in [1.29, 1.82) is 0 Å². The molecule has 0 amide bonds. The highest BCUT2D eigenvalue weighted by Gasteiger charge is 2.24. The number of ether oxygens (including phenoxy) is 2. The first-order valence-corrected chi connectivity index (χ1v) is 13.0.